The minimum absolute atomic E-state index is 0.581. The fourth-order valence-electron chi connectivity index (χ4n) is 0.367. The second-order valence-electron chi connectivity index (χ2n) is 1.61. The van der Waals surface area contributed by atoms with Crippen molar-refractivity contribution in [2.24, 2.45) is 0 Å². The van der Waals surface area contributed by atoms with Gasteiger partial charge in [0.1, 0.15) is 6.42 Å². The van der Waals surface area contributed by atoms with E-state index in [1.807, 2.05) is 0 Å². The highest BCUT2D eigenvalue weighted by Gasteiger charge is 2.10. The molecule has 0 aromatic heterocycles. The molecule has 0 aliphatic carbocycles. The van der Waals surface area contributed by atoms with E-state index in [9.17, 15) is 14.4 Å². The number of imide groups is 1. The van der Waals surface area contributed by atoms with Gasteiger partial charge in [0, 0.05) is 0 Å². The molecule has 0 aliphatic rings. The molecule has 11 heavy (non-hydrogen) atoms. The van der Waals surface area contributed by atoms with Crippen LogP contribution in [-0.2, 0) is 14.3 Å². The third-order valence-electron chi connectivity index (χ3n) is 0.779. The first-order chi connectivity index (χ1) is 5.06. The van der Waals surface area contributed by atoms with Crippen LogP contribution in [0, 0.1) is 0 Å². The Morgan fingerprint density at radius 2 is 2.00 bits per heavy atom. The minimum atomic E-state index is -1.49. The van der Waals surface area contributed by atoms with E-state index in [1.165, 1.54) is 5.32 Å². The molecule has 6 heteroatoms. The largest absolute Gasteiger partial charge is 0.469 e. The fraction of sp³-hybridized carbons (Fsp3) is 0.400. The van der Waals surface area contributed by atoms with E-state index in [0.717, 1.165) is 7.11 Å². The van der Waals surface area contributed by atoms with Crippen LogP contribution in [0.15, 0.2) is 0 Å². The molecule has 0 aromatic carbocycles. The van der Waals surface area contributed by atoms with Gasteiger partial charge in [-0.2, -0.15) is 0 Å². The van der Waals surface area contributed by atoms with Crippen molar-refractivity contribution in [2.75, 3.05) is 7.11 Å². The molecule has 0 saturated heterocycles. The molecule has 6 nitrogen and oxygen atoms in total. The molecular formula is C5H7NO5. The first kappa shape index (κ1) is 9.41. The molecule has 0 atom stereocenters. The van der Waals surface area contributed by atoms with Gasteiger partial charge >= 0.3 is 12.1 Å². The number of rotatable bonds is 2. The van der Waals surface area contributed by atoms with Gasteiger partial charge in [0.25, 0.3) is 0 Å². The highest BCUT2D eigenvalue weighted by Crippen LogP contribution is 1.83. The summed E-state index contributed by atoms with van der Waals surface area (Å²) in [5, 5.41) is 9.47. The molecule has 0 rings (SSSR count). The summed E-state index contributed by atoms with van der Waals surface area (Å²) < 4.78 is 4.11. The highest BCUT2D eigenvalue weighted by molar-refractivity contribution is 6.00. The molecule has 0 heterocycles. The zero-order valence-corrected chi connectivity index (χ0v) is 5.79. The van der Waals surface area contributed by atoms with E-state index in [0.29, 0.717) is 0 Å². The van der Waals surface area contributed by atoms with Crippen LogP contribution in [0.3, 0.4) is 0 Å². The Labute approximate surface area is 62.1 Å². The van der Waals surface area contributed by atoms with Crippen molar-refractivity contribution in [3.05, 3.63) is 0 Å². The first-order valence-electron chi connectivity index (χ1n) is 2.66. The third kappa shape index (κ3) is 4.89. The number of amides is 2. The van der Waals surface area contributed by atoms with Crippen LogP contribution < -0.4 is 5.32 Å². The van der Waals surface area contributed by atoms with E-state index in [1.54, 1.807) is 0 Å². The lowest BCUT2D eigenvalue weighted by Crippen LogP contribution is -2.30. The number of esters is 1. The molecule has 2 amide bonds. The molecule has 62 valence electrons. The van der Waals surface area contributed by atoms with Crippen molar-refractivity contribution in [2.45, 2.75) is 6.42 Å². The second-order valence-corrected chi connectivity index (χ2v) is 1.61. The average molecular weight is 161 g/mol. The van der Waals surface area contributed by atoms with Gasteiger partial charge < -0.3 is 9.84 Å². The van der Waals surface area contributed by atoms with Gasteiger partial charge in [-0.3, -0.25) is 14.9 Å². The summed E-state index contributed by atoms with van der Waals surface area (Å²) in [5.41, 5.74) is 0. The second kappa shape index (κ2) is 4.26. The Morgan fingerprint density at radius 3 is 2.36 bits per heavy atom. The quantitative estimate of drug-likeness (QED) is 0.414. The number of carboxylic acid groups (broad SMARTS) is 1. The van der Waals surface area contributed by atoms with Gasteiger partial charge in [-0.05, 0) is 0 Å². The van der Waals surface area contributed by atoms with Gasteiger partial charge in [0.2, 0.25) is 5.91 Å². The maximum atomic E-state index is 10.4. The molecular weight excluding hydrogens is 154 g/mol. The number of hydrogen-bond donors (Lipinski definition) is 2. The van der Waals surface area contributed by atoms with Crippen LogP contribution in [0.25, 0.3) is 0 Å². The molecule has 0 fully saturated rings. The summed E-state index contributed by atoms with van der Waals surface area (Å²) in [7, 11) is 1.11. The van der Waals surface area contributed by atoms with Crippen LogP contribution in [-0.4, -0.2) is 30.2 Å². The number of methoxy groups -OCH3 is 1. The van der Waals surface area contributed by atoms with Gasteiger partial charge in [-0.25, -0.2) is 4.79 Å². The fourth-order valence-corrected chi connectivity index (χ4v) is 0.367. The Balaban J connectivity index is 3.70. The van der Waals surface area contributed by atoms with Crippen molar-refractivity contribution in [3.63, 3.8) is 0 Å². The molecule has 0 radical (unpaired) electrons. The van der Waals surface area contributed by atoms with Crippen LogP contribution in [0.5, 0.6) is 0 Å². The SMILES string of the molecule is COC(=O)CC(=O)NC(=O)O. The van der Waals surface area contributed by atoms with E-state index >= 15 is 0 Å². The minimum Gasteiger partial charge on any atom is -0.469 e. The maximum Gasteiger partial charge on any atom is 0.411 e. The molecule has 2 N–H and O–H groups in total. The van der Waals surface area contributed by atoms with Gasteiger partial charge in [0.15, 0.2) is 0 Å². The zero-order chi connectivity index (χ0) is 8.85. The van der Waals surface area contributed by atoms with E-state index in [4.69, 9.17) is 5.11 Å². The van der Waals surface area contributed by atoms with Gasteiger partial charge in [-0.1, -0.05) is 0 Å². The summed E-state index contributed by atoms with van der Waals surface area (Å²) in [6, 6.07) is 0. The monoisotopic (exact) mass is 161 g/mol. The lowest BCUT2D eigenvalue weighted by Gasteiger charge is -1.97. The zero-order valence-electron chi connectivity index (χ0n) is 5.79. The average Bonchev–Trinajstić information content (AvgIpc) is 1.85. The van der Waals surface area contributed by atoms with Crippen molar-refractivity contribution in [1.29, 1.82) is 0 Å². The lowest BCUT2D eigenvalue weighted by molar-refractivity contribution is -0.143. The number of nitrogens with one attached hydrogen (secondary N) is 1. The van der Waals surface area contributed by atoms with Crippen LogP contribution >= 0.6 is 0 Å². The summed E-state index contributed by atoms with van der Waals surface area (Å²) in [6.07, 6.45) is -2.07. The molecule has 0 bridgehead atoms. The Bertz CT molecular complexity index is 187. The summed E-state index contributed by atoms with van der Waals surface area (Å²) in [6.45, 7) is 0. The third-order valence-corrected chi connectivity index (χ3v) is 0.779. The summed E-state index contributed by atoms with van der Waals surface area (Å²) in [4.78, 5) is 30.6. The number of hydrogen-bond acceptors (Lipinski definition) is 4. The van der Waals surface area contributed by atoms with Crippen molar-refractivity contribution in [3.8, 4) is 0 Å². The Morgan fingerprint density at radius 1 is 1.45 bits per heavy atom. The number of carbonyl (C=O) groups is 3. The Kier molecular flexibility index (Phi) is 3.65. The number of carbonyl (C=O) groups excluding carboxylic acids is 2. The van der Waals surface area contributed by atoms with E-state index < -0.39 is 24.4 Å². The summed E-state index contributed by atoms with van der Waals surface area (Å²) >= 11 is 0. The predicted octanol–water partition coefficient (Wildman–Crippen LogP) is -0.656. The Hall–Kier alpha value is -1.59. The van der Waals surface area contributed by atoms with Crippen molar-refractivity contribution in [1.82, 2.24) is 5.32 Å². The summed E-state index contributed by atoms with van der Waals surface area (Å²) in [5.74, 6) is -1.67. The highest BCUT2D eigenvalue weighted by atomic mass is 16.5. The maximum absolute atomic E-state index is 10.4. The van der Waals surface area contributed by atoms with Crippen LogP contribution in [0.4, 0.5) is 4.79 Å². The topological polar surface area (TPSA) is 92.7 Å². The predicted molar refractivity (Wildman–Crippen MR) is 32.8 cm³/mol. The smallest absolute Gasteiger partial charge is 0.411 e. The van der Waals surface area contributed by atoms with Gasteiger partial charge in [-0.15, -0.1) is 0 Å². The first-order valence-corrected chi connectivity index (χ1v) is 2.66. The van der Waals surface area contributed by atoms with Crippen LogP contribution in [0.1, 0.15) is 6.42 Å². The standard InChI is InChI=1S/C5H7NO5/c1-11-4(8)2-3(7)6-5(9)10/h2H2,1H3,(H,6,7)(H,9,10). The molecule has 0 aromatic rings. The molecule has 0 saturated carbocycles. The lowest BCUT2D eigenvalue weighted by atomic mass is 10.4. The van der Waals surface area contributed by atoms with E-state index in [-0.39, 0.29) is 0 Å². The normalized spacial score (nSPS) is 8.45. The molecule has 0 aliphatic heterocycles. The van der Waals surface area contributed by atoms with Crippen molar-refractivity contribution >= 4 is 18.0 Å². The van der Waals surface area contributed by atoms with Crippen LogP contribution in [0.2, 0.25) is 0 Å². The van der Waals surface area contributed by atoms with E-state index in [2.05, 4.69) is 4.74 Å². The van der Waals surface area contributed by atoms with Crippen molar-refractivity contribution < 1.29 is 24.2 Å². The molecule has 0 spiro atoms. The van der Waals surface area contributed by atoms with Gasteiger partial charge in [0.05, 0.1) is 7.11 Å². The molecule has 0 unspecified atom stereocenters. The number of ether oxygens (including phenoxy) is 1.